The summed E-state index contributed by atoms with van der Waals surface area (Å²) < 4.78 is 74.7. The molecule has 0 saturated carbocycles. The fourth-order valence-electron chi connectivity index (χ4n) is 4.69. The van der Waals surface area contributed by atoms with Gasteiger partial charge in [-0.25, -0.2) is 0 Å². The van der Waals surface area contributed by atoms with Crippen molar-refractivity contribution in [1.29, 1.82) is 0 Å². The molecular weight excluding hydrogens is 553 g/mol. The second kappa shape index (κ2) is 12.0. The highest BCUT2D eigenvalue weighted by atomic mass is 31.2. The van der Waals surface area contributed by atoms with Crippen LogP contribution < -0.4 is 21.0 Å². The van der Waals surface area contributed by atoms with Crippen LogP contribution >= 0.6 is 7.26 Å². The van der Waals surface area contributed by atoms with Crippen LogP contribution in [0.2, 0.25) is 0 Å². The Hall–Kier alpha value is -3.97. The summed E-state index contributed by atoms with van der Waals surface area (Å²) in [6, 6.07) is 35.9. The summed E-state index contributed by atoms with van der Waals surface area (Å²) in [4.78, 5) is 22.3. The highest BCUT2D eigenvalue weighted by Crippen LogP contribution is 2.71. The van der Waals surface area contributed by atoms with Crippen LogP contribution in [0.3, 0.4) is 0 Å². The number of carboxylic acids is 1. The summed E-state index contributed by atoms with van der Waals surface area (Å²) in [5.74, 6) is -4.75. The van der Waals surface area contributed by atoms with Gasteiger partial charge in [-0.3, -0.25) is 4.79 Å². The first-order valence-electron chi connectivity index (χ1n) is 11.8. The van der Waals surface area contributed by atoms with Crippen LogP contribution in [0.15, 0.2) is 121 Å². The highest BCUT2D eigenvalue weighted by Gasteiger charge is 2.70. The van der Waals surface area contributed by atoms with E-state index < -0.39 is 36.5 Å². The van der Waals surface area contributed by atoms with Gasteiger partial charge in [0.15, 0.2) is 5.16 Å². The fraction of sp³-hybridized carbons (Fsp3) is 0.133. The van der Waals surface area contributed by atoms with Crippen LogP contribution in [0.1, 0.15) is 12.5 Å². The first-order valence-corrected chi connectivity index (χ1v) is 13.6. The predicted molar refractivity (Wildman–Crippen MR) is 141 cm³/mol. The van der Waals surface area contributed by atoms with E-state index in [-0.39, 0.29) is 0 Å². The van der Waals surface area contributed by atoms with Gasteiger partial charge in [0.25, 0.3) is 5.78 Å². The van der Waals surface area contributed by atoms with Crippen molar-refractivity contribution < 1.29 is 41.0 Å². The monoisotopic (exact) mass is 576 g/mol. The van der Waals surface area contributed by atoms with E-state index in [1.54, 1.807) is 30.3 Å². The molecule has 4 aromatic carbocycles. The van der Waals surface area contributed by atoms with Gasteiger partial charge in [0.2, 0.25) is 0 Å². The van der Waals surface area contributed by atoms with E-state index in [0.717, 1.165) is 0 Å². The van der Waals surface area contributed by atoms with Crippen molar-refractivity contribution in [2.45, 2.75) is 24.4 Å². The summed E-state index contributed by atoms with van der Waals surface area (Å²) in [6.45, 7) is 1.47. The number of aliphatic carboxylic acids is 1. The molecule has 0 heterocycles. The molecule has 208 valence electrons. The highest BCUT2D eigenvalue weighted by molar-refractivity contribution is 7.97. The van der Waals surface area contributed by atoms with Gasteiger partial charge in [-0.05, 0) is 43.3 Å². The maximum Gasteiger partial charge on any atom is 0.454 e. The van der Waals surface area contributed by atoms with Crippen molar-refractivity contribution >= 4 is 34.9 Å². The smallest absolute Gasteiger partial charge is 0.454 e. The van der Waals surface area contributed by atoms with Gasteiger partial charge < -0.3 is 9.90 Å². The molecule has 0 bridgehead atoms. The Bertz CT molecular complexity index is 1310. The standard InChI is InChI=1S/C28H23F3OP.C2HF3O2/c1-27(26(32)28(29,30)31,22-14-6-2-7-15-22)33(23-16-8-3-9-17-23,24-18-10-4-11-19-24)25-20-12-5-13-21-25;3-2(4,5)1(6)7/h2-21H,1H3;(H,6,7)/q+1;/p-1. The molecular formula is C30H23F6O3P. The van der Waals surface area contributed by atoms with Crippen LogP contribution in [0.4, 0.5) is 26.3 Å². The molecule has 4 rings (SSSR count). The molecule has 0 fully saturated rings. The van der Waals surface area contributed by atoms with Gasteiger partial charge in [0, 0.05) is 5.56 Å². The van der Waals surface area contributed by atoms with Crippen LogP contribution in [-0.2, 0) is 14.7 Å². The van der Waals surface area contributed by atoms with Crippen molar-refractivity contribution in [3.05, 3.63) is 127 Å². The number of ketones is 1. The van der Waals surface area contributed by atoms with Crippen molar-refractivity contribution in [1.82, 2.24) is 0 Å². The van der Waals surface area contributed by atoms with Gasteiger partial charge in [-0.1, -0.05) is 84.9 Å². The van der Waals surface area contributed by atoms with Gasteiger partial charge in [-0.15, -0.1) is 0 Å². The van der Waals surface area contributed by atoms with Crippen molar-refractivity contribution in [2.24, 2.45) is 0 Å². The molecule has 0 aliphatic rings. The predicted octanol–water partition coefficient (Wildman–Crippen LogP) is 5.33. The third kappa shape index (κ3) is 5.94. The average Bonchev–Trinajstić information content (AvgIpc) is 2.94. The molecule has 0 aliphatic carbocycles. The third-order valence-corrected chi connectivity index (χ3v) is 11.4. The number of rotatable bonds is 6. The van der Waals surface area contributed by atoms with Crippen LogP contribution in [0.5, 0.6) is 0 Å². The Morgan fingerprint density at radius 1 is 0.550 bits per heavy atom. The molecule has 40 heavy (non-hydrogen) atoms. The number of carbonyl (C=O) groups is 2. The minimum atomic E-state index is -5.19. The zero-order valence-corrected chi connectivity index (χ0v) is 21.9. The fourth-order valence-corrected chi connectivity index (χ4v) is 9.96. The van der Waals surface area contributed by atoms with Crippen LogP contribution in [0.25, 0.3) is 0 Å². The van der Waals surface area contributed by atoms with Gasteiger partial charge in [-0.2, -0.15) is 26.3 Å². The van der Waals surface area contributed by atoms with E-state index in [4.69, 9.17) is 9.90 Å². The summed E-state index contributed by atoms with van der Waals surface area (Å²) in [5, 5.41) is 9.04. The van der Waals surface area contributed by atoms with E-state index in [9.17, 15) is 31.1 Å². The first kappa shape index (κ1) is 30.6. The lowest BCUT2D eigenvalue weighted by atomic mass is 9.95. The molecule has 0 saturated heterocycles. The number of hydrogen-bond donors (Lipinski definition) is 0. The SMILES string of the molecule is CC(C(=O)C(F)(F)F)(c1ccccc1)[P+](c1ccccc1)(c1ccccc1)c1ccccc1.O=C([O-])C(F)(F)F. The zero-order chi connectivity index (χ0) is 29.6. The second-order valence-electron chi connectivity index (χ2n) is 8.73. The van der Waals surface area contributed by atoms with E-state index in [1.807, 2.05) is 91.0 Å². The molecule has 0 aliphatic heterocycles. The number of carboxylic acid groups (broad SMARTS) is 1. The number of hydrogen-bond acceptors (Lipinski definition) is 3. The molecule has 1 unspecified atom stereocenters. The summed E-state index contributed by atoms with van der Waals surface area (Å²) in [6.07, 6.45) is -10.2. The second-order valence-corrected chi connectivity index (χ2v) is 12.5. The third-order valence-electron chi connectivity index (χ3n) is 6.37. The zero-order valence-electron chi connectivity index (χ0n) is 21.0. The lowest BCUT2D eigenvalue weighted by molar-refractivity contribution is -0.344. The molecule has 0 aromatic heterocycles. The lowest BCUT2D eigenvalue weighted by Crippen LogP contribution is -2.52. The molecule has 4 aromatic rings. The first-order chi connectivity index (χ1) is 18.8. The van der Waals surface area contributed by atoms with Crippen LogP contribution in [-0.4, -0.2) is 24.1 Å². The maximum atomic E-state index is 14.4. The van der Waals surface area contributed by atoms with Crippen molar-refractivity contribution in [3.63, 3.8) is 0 Å². The van der Waals surface area contributed by atoms with Crippen molar-refractivity contribution in [2.75, 3.05) is 0 Å². The molecule has 0 radical (unpaired) electrons. The quantitative estimate of drug-likeness (QED) is 0.231. The van der Waals surface area contributed by atoms with E-state index in [0.29, 0.717) is 21.5 Å². The Labute approximate surface area is 227 Å². The normalized spacial score (nSPS) is 13.4. The minimum Gasteiger partial charge on any atom is -0.542 e. The van der Waals surface area contributed by atoms with Gasteiger partial charge >= 0.3 is 12.4 Å². The number of halogens is 6. The number of Topliss-reactive ketones (excluding diaryl/α,β-unsaturated/α-hetero) is 1. The molecule has 0 amide bonds. The average molecular weight is 576 g/mol. The minimum absolute atomic E-state index is 0.345. The Kier molecular flexibility index (Phi) is 9.21. The number of carbonyl (C=O) groups excluding carboxylic acids is 2. The number of benzene rings is 4. The molecule has 10 heteroatoms. The van der Waals surface area contributed by atoms with Gasteiger partial charge in [0.1, 0.15) is 29.1 Å². The number of alkyl halides is 6. The summed E-state index contributed by atoms with van der Waals surface area (Å²) >= 11 is 0. The van der Waals surface area contributed by atoms with E-state index in [2.05, 4.69) is 0 Å². The molecule has 0 N–H and O–H groups in total. The van der Waals surface area contributed by atoms with E-state index in [1.165, 1.54) is 6.92 Å². The maximum absolute atomic E-state index is 14.4. The van der Waals surface area contributed by atoms with Gasteiger partial charge in [0.05, 0.1) is 0 Å². The van der Waals surface area contributed by atoms with Crippen molar-refractivity contribution in [3.8, 4) is 0 Å². The Morgan fingerprint density at radius 3 is 1.07 bits per heavy atom. The molecule has 0 spiro atoms. The summed E-state index contributed by atoms with van der Waals surface area (Å²) in [7, 11) is -3.22. The van der Waals surface area contributed by atoms with Crippen LogP contribution in [0, 0.1) is 0 Å². The molecule has 3 nitrogen and oxygen atoms in total. The lowest BCUT2D eigenvalue weighted by Gasteiger charge is -2.42. The summed E-state index contributed by atoms with van der Waals surface area (Å²) in [5.41, 5.74) is 0.345. The molecule has 1 atom stereocenters. The Morgan fingerprint density at radius 2 is 0.825 bits per heavy atom. The van der Waals surface area contributed by atoms with E-state index >= 15 is 0 Å². The topological polar surface area (TPSA) is 57.2 Å². The largest absolute Gasteiger partial charge is 0.542 e. The Balaban J connectivity index is 0.000000559.